The molecule has 60 heavy (non-hydrogen) atoms. The average Bonchev–Trinajstić information content (AvgIpc) is 3.74. The van der Waals surface area contributed by atoms with Crippen LogP contribution in [0.1, 0.15) is 25.0 Å². The lowest BCUT2D eigenvalue weighted by molar-refractivity contribution is 0.465. The lowest BCUT2D eigenvalue weighted by Crippen LogP contribution is -2.57. The fraction of sp³-hybridized carbons (Fsp3) is 0.0545. The van der Waals surface area contributed by atoms with Gasteiger partial charge in [-0.2, -0.15) is 0 Å². The Kier molecular flexibility index (Phi) is 6.84. The summed E-state index contributed by atoms with van der Waals surface area (Å²) < 4.78 is 16.2. The molecule has 0 amide bonds. The van der Waals surface area contributed by atoms with Gasteiger partial charge in [0.2, 0.25) is 0 Å². The molecule has 0 radical (unpaired) electrons. The zero-order chi connectivity index (χ0) is 39.7. The molecule has 0 unspecified atom stereocenters. The smallest absolute Gasteiger partial charge is 0.260 e. The highest BCUT2D eigenvalue weighted by atomic mass is 16.5. The number of hydrogen-bond acceptors (Lipinski definition) is 3. The molecule has 10 aromatic rings. The van der Waals surface area contributed by atoms with E-state index in [4.69, 9.17) is 9.47 Å². The van der Waals surface area contributed by atoms with E-state index in [2.05, 4.69) is 205 Å². The third-order valence-corrected chi connectivity index (χ3v) is 13.3. The fourth-order valence-corrected chi connectivity index (χ4v) is 10.5. The van der Waals surface area contributed by atoms with Crippen LogP contribution in [-0.2, 0) is 5.41 Å². The lowest BCUT2D eigenvalue weighted by atomic mass is 9.34. The highest BCUT2D eigenvalue weighted by Crippen LogP contribution is 2.52. The molecule has 0 bridgehead atoms. The summed E-state index contributed by atoms with van der Waals surface area (Å²) in [5, 5.41) is 4.84. The van der Waals surface area contributed by atoms with Crippen LogP contribution in [0, 0.1) is 0 Å². The van der Waals surface area contributed by atoms with E-state index >= 15 is 0 Å². The Hall–Kier alpha value is -7.50. The van der Waals surface area contributed by atoms with Crippen LogP contribution in [0.15, 0.2) is 188 Å². The Labute approximate surface area is 348 Å². The van der Waals surface area contributed by atoms with E-state index in [0.717, 1.165) is 56.7 Å². The first-order valence-corrected chi connectivity index (χ1v) is 20.8. The first kappa shape index (κ1) is 33.5. The predicted molar refractivity (Wildman–Crippen MR) is 248 cm³/mol. The van der Waals surface area contributed by atoms with Crippen molar-refractivity contribution in [3.05, 3.63) is 199 Å². The summed E-state index contributed by atoms with van der Waals surface area (Å²) in [6.45, 7) is 4.69. The molecule has 3 aliphatic rings. The van der Waals surface area contributed by atoms with Gasteiger partial charge in [-0.05, 0) is 129 Å². The second-order valence-electron chi connectivity index (χ2n) is 16.9. The number of rotatable bonds is 4. The monoisotopic (exact) mass is 768 g/mol. The molecular weight excluding hydrogens is 731 g/mol. The highest BCUT2D eigenvalue weighted by molar-refractivity contribution is 6.98. The van der Waals surface area contributed by atoms with Gasteiger partial charge in [0.05, 0.1) is 11.0 Å². The van der Waals surface area contributed by atoms with E-state index in [-0.39, 0.29) is 12.1 Å². The van der Waals surface area contributed by atoms with Gasteiger partial charge in [0.25, 0.3) is 6.71 Å². The summed E-state index contributed by atoms with van der Waals surface area (Å²) in [5.41, 5.74) is 15.2. The van der Waals surface area contributed by atoms with Crippen molar-refractivity contribution in [1.29, 1.82) is 0 Å². The zero-order valence-electron chi connectivity index (χ0n) is 33.2. The van der Waals surface area contributed by atoms with E-state index in [1.807, 2.05) is 6.07 Å². The molecule has 282 valence electrons. The summed E-state index contributed by atoms with van der Waals surface area (Å²) in [4.78, 5) is 2.35. The van der Waals surface area contributed by atoms with Gasteiger partial charge in [0.15, 0.2) is 0 Å². The molecule has 4 nitrogen and oxygen atoms in total. The summed E-state index contributed by atoms with van der Waals surface area (Å²) >= 11 is 0. The fourth-order valence-electron chi connectivity index (χ4n) is 10.5. The molecule has 0 fully saturated rings. The van der Waals surface area contributed by atoms with Gasteiger partial charge in [-0.1, -0.05) is 117 Å². The third kappa shape index (κ3) is 4.63. The standard InChI is InChI=1S/C55H37BN2O2/c1-55(2)43-30-38(57(35-15-6-3-7-16-35)36-17-8-4-9-18-36)26-27-39(43)42-32-52-46(33-44(42)55)56-45-29-34-25-28-48-53(40-21-12-13-22-47(40)58(48)37-19-10-5-11-20-37)41(34)31-51(45)59-49-23-14-24-50(60-52)54(49)56/h3-33H,1-2H3. The number of aromatic nitrogens is 1. The molecule has 5 heteroatoms. The number of para-hydroxylation sites is 4. The molecule has 0 atom stereocenters. The van der Waals surface area contributed by atoms with Crippen LogP contribution in [0.2, 0.25) is 0 Å². The molecule has 0 N–H and O–H groups in total. The molecular formula is C55H37BN2O2. The van der Waals surface area contributed by atoms with Crippen molar-refractivity contribution in [2.75, 3.05) is 4.90 Å². The maximum Gasteiger partial charge on any atom is 0.260 e. The van der Waals surface area contributed by atoms with Gasteiger partial charge in [-0.3, -0.25) is 0 Å². The number of benzene rings is 9. The van der Waals surface area contributed by atoms with Gasteiger partial charge in [0, 0.05) is 44.4 Å². The van der Waals surface area contributed by atoms with Crippen LogP contribution in [0.5, 0.6) is 23.0 Å². The van der Waals surface area contributed by atoms with Crippen molar-refractivity contribution < 1.29 is 9.47 Å². The molecule has 2 aliphatic heterocycles. The molecule has 0 saturated carbocycles. The summed E-state index contributed by atoms with van der Waals surface area (Å²) in [6.07, 6.45) is 0. The largest absolute Gasteiger partial charge is 0.458 e. The van der Waals surface area contributed by atoms with Crippen molar-refractivity contribution in [1.82, 2.24) is 4.57 Å². The van der Waals surface area contributed by atoms with Crippen LogP contribution in [-0.4, -0.2) is 11.3 Å². The van der Waals surface area contributed by atoms with Gasteiger partial charge < -0.3 is 18.9 Å². The second kappa shape index (κ2) is 12.3. The van der Waals surface area contributed by atoms with Crippen molar-refractivity contribution in [3.63, 3.8) is 0 Å². The Morgan fingerprint density at radius 3 is 1.83 bits per heavy atom. The van der Waals surface area contributed by atoms with Crippen molar-refractivity contribution in [2.24, 2.45) is 0 Å². The van der Waals surface area contributed by atoms with E-state index in [1.54, 1.807) is 0 Å². The summed E-state index contributed by atoms with van der Waals surface area (Å²) in [6, 6.07) is 67.9. The Morgan fingerprint density at radius 1 is 0.467 bits per heavy atom. The first-order valence-electron chi connectivity index (χ1n) is 20.8. The second-order valence-corrected chi connectivity index (χ2v) is 16.9. The number of nitrogens with zero attached hydrogens (tertiary/aromatic N) is 2. The molecule has 1 aliphatic carbocycles. The van der Waals surface area contributed by atoms with E-state index in [9.17, 15) is 0 Å². The van der Waals surface area contributed by atoms with Crippen LogP contribution in [0.25, 0.3) is 49.4 Å². The molecule has 0 spiro atoms. The first-order chi connectivity index (χ1) is 29.5. The topological polar surface area (TPSA) is 26.6 Å². The SMILES string of the molecule is CC1(C)c2cc(N(c3ccccc3)c3ccccc3)ccc2-c2cc3c(cc21)B1c2cc4ccc5c(c4cc2Oc2cccc(c21)O3)c1ccccc1n5-c1ccccc1. The minimum atomic E-state index is -0.259. The predicted octanol–water partition coefficient (Wildman–Crippen LogP) is 12.4. The van der Waals surface area contributed by atoms with Crippen LogP contribution in [0.3, 0.4) is 0 Å². The van der Waals surface area contributed by atoms with Gasteiger partial charge >= 0.3 is 0 Å². The molecule has 1 aromatic heterocycles. The van der Waals surface area contributed by atoms with Crippen molar-refractivity contribution in [2.45, 2.75) is 19.3 Å². The molecule has 9 aromatic carbocycles. The van der Waals surface area contributed by atoms with E-state index in [0.29, 0.717) is 0 Å². The Morgan fingerprint density at radius 2 is 1.10 bits per heavy atom. The van der Waals surface area contributed by atoms with Gasteiger partial charge in [-0.15, -0.1) is 0 Å². The van der Waals surface area contributed by atoms with Crippen LogP contribution in [0.4, 0.5) is 17.1 Å². The maximum atomic E-state index is 6.90. The van der Waals surface area contributed by atoms with Crippen molar-refractivity contribution >= 4 is 72.7 Å². The zero-order valence-corrected chi connectivity index (χ0v) is 33.2. The third-order valence-electron chi connectivity index (χ3n) is 13.3. The minimum absolute atomic E-state index is 0.0542. The quantitative estimate of drug-likeness (QED) is 0.167. The number of ether oxygens (including phenoxy) is 2. The molecule has 0 saturated heterocycles. The maximum absolute atomic E-state index is 6.90. The summed E-state index contributed by atoms with van der Waals surface area (Å²) in [7, 11) is 0. The average molecular weight is 769 g/mol. The number of fused-ring (bicyclic) bond motifs is 12. The highest BCUT2D eigenvalue weighted by Gasteiger charge is 2.44. The molecule has 13 rings (SSSR count). The Balaban J connectivity index is 0.981. The van der Waals surface area contributed by atoms with E-state index < -0.39 is 0 Å². The lowest BCUT2D eigenvalue weighted by Gasteiger charge is -2.34. The van der Waals surface area contributed by atoms with Crippen molar-refractivity contribution in [3.8, 4) is 39.8 Å². The normalized spacial score (nSPS) is 13.9. The van der Waals surface area contributed by atoms with E-state index in [1.165, 1.54) is 60.3 Å². The van der Waals surface area contributed by atoms with Gasteiger partial charge in [-0.25, -0.2) is 0 Å². The minimum Gasteiger partial charge on any atom is -0.458 e. The number of anilines is 3. The van der Waals surface area contributed by atoms with Gasteiger partial charge in [0.1, 0.15) is 23.0 Å². The van der Waals surface area contributed by atoms with Crippen LogP contribution >= 0.6 is 0 Å². The summed E-state index contributed by atoms with van der Waals surface area (Å²) in [5.74, 6) is 3.50. The number of hydrogen-bond donors (Lipinski definition) is 0. The molecule has 3 heterocycles. The Bertz CT molecular complexity index is 3370. The van der Waals surface area contributed by atoms with Crippen LogP contribution < -0.4 is 30.8 Å².